The molecule has 1 saturated heterocycles. The lowest BCUT2D eigenvalue weighted by Crippen LogP contribution is -2.52. The molecular formula is C26H29N3O3. The monoisotopic (exact) mass is 431 g/mol. The van der Waals surface area contributed by atoms with Crippen LogP contribution in [-0.2, 0) is 11.4 Å². The first kappa shape index (κ1) is 21.7. The molecule has 6 heteroatoms. The molecule has 3 aromatic rings. The van der Waals surface area contributed by atoms with Gasteiger partial charge in [0.15, 0.2) is 0 Å². The number of nitrogens with zero attached hydrogens (tertiary/aromatic N) is 2. The van der Waals surface area contributed by atoms with Gasteiger partial charge in [0.2, 0.25) is 5.91 Å². The van der Waals surface area contributed by atoms with E-state index in [0.717, 1.165) is 48.9 Å². The van der Waals surface area contributed by atoms with Crippen molar-refractivity contribution in [3.63, 3.8) is 0 Å². The first-order valence-corrected chi connectivity index (χ1v) is 10.9. The summed E-state index contributed by atoms with van der Waals surface area (Å²) in [7, 11) is 0. The molecule has 0 aliphatic carbocycles. The van der Waals surface area contributed by atoms with E-state index >= 15 is 0 Å². The summed E-state index contributed by atoms with van der Waals surface area (Å²) in [4.78, 5) is 17.2. The first-order chi connectivity index (χ1) is 15.6. The van der Waals surface area contributed by atoms with Crippen LogP contribution in [0.3, 0.4) is 0 Å². The molecule has 0 aromatic heterocycles. The Balaban J connectivity index is 1.25. The lowest BCUT2D eigenvalue weighted by Gasteiger charge is -2.38. The molecule has 1 heterocycles. The van der Waals surface area contributed by atoms with Crippen LogP contribution in [0.15, 0.2) is 78.9 Å². The number of aromatic hydroxyl groups is 1. The van der Waals surface area contributed by atoms with E-state index < -0.39 is 0 Å². The van der Waals surface area contributed by atoms with Gasteiger partial charge >= 0.3 is 0 Å². The number of phenolic OH excluding ortho intramolecular Hbond substituents is 1. The number of hydrogen-bond donors (Lipinski definition) is 2. The molecule has 0 bridgehead atoms. The second-order valence-electron chi connectivity index (χ2n) is 8.00. The van der Waals surface area contributed by atoms with Gasteiger partial charge in [-0.15, -0.1) is 0 Å². The summed E-state index contributed by atoms with van der Waals surface area (Å²) in [6.45, 7) is 5.76. The van der Waals surface area contributed by atoms with Gasteiger partial charge in [-0.05, 0) is 61.0 Å². The molecule has 0 saturated carbocycles. The first-order valence-electron chi connectivity index (χ1n) is 10.9. The standard InChI is InChI=1S/C26H29N3O3/c1-20(28-15-17-29(18-16-28)23-9-11-24(30)12-10-23)26(31)27-22-7-13-25(14-8-22)32-19-21-5-3-2-4-6-21/h2-14,20,30H,15-19H2,1H3,(H,27,31). The van der Waals surface area contributed by atoms with Crippen LogP contribution in [-0.4, -0.2) is 48.1 Å². The Morgan fingerprint density at radius 3 is 2.25 bits per heavy atom. The molecule has 2 N–H and O–H groups in total. The Morgan fingerprint density at radius 2 is 1.59 bits per heavy atom. The van der Waals surface area contributed by atoms with Gasteiger partial charge in [0.1, 0.15) is 18.1 Å². The number of nitrogens with one attached hydrogen (secondary N) is 1. The second kappa shape index (κ2) is 10.2. The average molecular weight is 432 g/mol. The van der Waals surface area contributed by atoms with E-state index in [1.54, 1.807) is 12.1 Å². The number of carbonyl (C=O) groups is 1. The summed E-state index contributed by atoms with van der Waals surface area (Å²) in [6.07, 6.45) is 0. The van der Waals surface area contributed by atoms with Gasteiger partial charge in [0, 0.05) is 37.6 Å². The molecule has 1 aliphatic heterocycles. The van der Waals surface area contributed by atoms with E-state index in [0.29, 0.717) is 6.61 Å². The summed E-state index contributed by atoms with van der Waals surface area (Å²) < 4.78 is 5.81. The highest BCUT2D eigenvalue weighted by atomic mass is 16.5. The van der Waals surface area contributed by atoms with Crippen LogP contribution < -0.4 is 15.0 Å². The second-order valence-corrected chi connectivity index (χ2v) is 8.00. The number of amides is 1. The van der Waals surface area contributed by atoms with Gasteiger partial charge in [0.05, 0.1) is 6.04 Å². The van der Waals surface area contributed by atoms with Crippen LogP contribution in [0.1, 0.15) is 12.5 Å². The molecule has 6 nitrogen and oxygen atoms in total. The topological polar surface area (TPSA) is 65.0 Å². The van der Waals surface area contributed by atoms with Crippen LogP contribution in [0, 0.1) is 0 Å². The highest BCUT2D eigenvalue weighted by Crippen LogP contribution is 2.21. The lowest BCUT2D eigenvalue weighted by molar-refractivity contribution is -0.120. The van der Waals surface area contributed by atoms with Gasteiger partial charge in [0.25, 0.3) is 0 Å². The smallest absolute Gasteiger partial charge is 0.241 e. The number of anilines is 2. The zero-order chi connectivity index (χ0) is 22.3. The third-order valence-electron chi connectivity index (χ3n) is 5.83. The maximum Gasteiger partial charge on any atom is 0.241 e. The zero-order valence-electron chi connectivity index (χ0n) is 18.3. The summed E-state index contributed by atoms with van der Waals surface area (Å²) in [5.41, 5.74) is 2.97. The minimum absolute atomic E-state index is 0.0129. The number of hydrogen-bond acceptors (Lipinski definition) is 5. The molecule has 166 valence electrons. The molecule has 1 amide bonds. The predicted molar refractivity (Wildman–Crippen MR) is 127 cm³/mol. The highest BCUT2D eigenvalue weighted by molar-refractivity contribution is 5.94. The number of phenols is 1. The summed E-state index contributed by atoms with van der Waals surface area (Å²) in [6, 6.07) is 24.6. The molecule has 0 spiro atoms. The molecule has 4 rings (SSSR count). The van der Waals surface area contributed by atoms with Crippen molar-refractivity contribution in [2.24, 2.45) is 0 Å². The lowest BCUT2D eigenvalue weighted by atomic mass is 10.2. The minimum atomic E-state index is -0.217. The Labute approximate surface area is 189 Å². The van der Waals surface area contributed by atoms with Crippen molar-refractivity contribution in [1.29, 1.82) is 0 Å². The number of ether oxygens (including phenoxy) is 1. The van der Waals surface area contributed by atoms with E-state index in [1.165, 1.54) is 0 Å². The SMILES string of the molecule is CC(C(=O)Nc1ccc(OCc2ccccc2)cc1)N1CCN(c2ccc(O)cc2)CC1. The number of benzene rings is 3. The maximum atomic E-state index is 12.8. The summed E-state index contributed by atoms with van der Waals surface area (Å²) >= 11 is 0. The van der Waals surface area contributed by atoms with Crippen molar-refractivity contribution in [3.8, 4) is 11.5 Å². The molecular weight excluding hydrogens is 402 g/mol. The van der Waals surface area contributed by atoms with Gasteiger partial charge in [-0.1, -0.05) is 30.3 Å². The fourth-order valence-corrected chi connectivity index (χ4v) is 3.82. The van der Waals surface area contributed by atoms with E-state index in [9.17, 15) is 9.90 Å². The number of piperazine rings is 1. The average Bonchev–Trinajstić information content (AvgIpc) is 2.84. The van der Waals surface area contributed by atoms with Crippen molar-refractivity contribution in [2.45, 2.75) is 19.6 Å². The van der Waals surface area contributed by atoms with Crippen molar-refractivity contribution >= 4 is 17.3 Å². The minimum Gasteiger partial charge on any atom is -0.508 e. The summed E-state index contributed by atoms with van der Waals surface area (Å²) in [5, 5.41) is 12.5. The number of carbonyl (C=O) groups excluding carboxylic acids is 1. The van der Waals surface area contributed by atoms with Crippen molar-refractivity contribution < 1.29 is 14.6 Å². The summed E-state index contributed by atoms with van der Waals surface area (Å²) in [5.74, 6) is 1.03. The van der Waals surface area contributed by atoms with Crippen molar-refractivity contribution in [2.75, 3.05) is 36.4 Å². The predicted octanol–water partition coefficient (Wildman–Crippen LogP) is 4.12. The van der Waals surface area contributed by atoms with Gasteiger partial charge in [-0.25, -0.2) is 0 Å². The van der Waals surface area contributed by atoms with Crippen LogP contribution in [0.25, 0.3) is 0 Å². The van der Waals surface area contributed by atoms with E-state index in [1.807, 2.05) is 73.7 Å². The van der Waals surface area contributed by atoms with Crippen LogP contribution in [0.4, 0.5) is 11.4 Å². The molecule has 0 radical (unpaired) electrons. The third-order valence-corrected chi connectivity index (χ3v) is 5.83. The van der Waals surface area contributed by atoms with Crippen LogP contribution in [0.5, 0.6) is 11.5 Å². The molecule has 3 aromatic carbocycles. The zero-order valence-corrected chi connectivity index (χ0v) is 18.3. The van der Waals surface area contributed by atoms with E-state index in [4.69, 9.17) is 4.74 Å². The molecule has 1 fully saturated rings. The van der Waals surface area contributed by atoms with Crippen LogP contribution in [0.2, 0.25) is 0 Å². The van der Waals surface area contributed by atoms with Crippen LogP contribution >= 0.6 is 0 Å². The maximum absolute atomic E-state index is 12.8. The number of rotatable bonds is 7. The van der Waals surface area contributed by atoms with E-state index in [2.05, 4.69) is 15.1 Å². The molecule has 1 unspecified atom stereocenters. The Hall–Kier alpha value is -3.51. The van der Waals surface area contributed by atoms with Crippen molar-refractivity contribution in [3.05, 3.63) is 84.4 Å². The van der Waals surface area contributed by atoms with Gasteiger partial charge in [-0.3, -0.25) is 9.69 Å². The molecule has 1 atom stereocenters. The quantitative estimate of drug-likeness (QED) is 0.589. The fraction of sp³-hybridized carbons (Fsp3) is 0.269. The largest absolute Gasteiger partial charge is 0.508 e. The van der Waals surface area contributed by atoms with Gasteiger partial charge < -0.3 is 20.1 Å². The Kier molecular flexibility index (Phi) is 6.92. The van der Waals surface area contributed by atoms with Gasteiger partial charge in [-0.2, -0.15) is 0 Å². The van der Waals surface area contributed by atoms with Crippen molar-refractivity contribution in [1.82, 2.24) is 4.90 Å². The molecule has 1 aliphatic rings. The van der Waals surface area contributed by atoms with E-state index in [-0.39, 0.29) is 17.7 Å². The third kappa shape index (κ3) is 5.59. The Bertz CT molecular complexity index is 999. The highest BCUT2D eigenvalue weighted by Gasteiger charge is 2.25. The molecule has 32 heavy (non-hydrogen) atoms. The normalized spacial score (nSPS) is 15.2. The fourth-order valence-electron chi connectivity index (χ4n) is 3.82. The Morgan fingerprint density at radius 1 is 0.938 bits per heavy atom.